The Balaban J connectivity index is 2.33. The van der Waals surface area contributed by atoms with Crippen LogP contribution in [0.15, 0.2) is 24.3 Å². The Morgan fingerprint density at radius 1 is 1.25 bits per heavy atom. The van der Waals surface area contributed by atoms with Crippen molar-refractivity contribution in [2.24, 2.45) is 0 Å². The fourth-order valence-electron chi connectivity index (χ4n) is 2.50. The molecule has 0 amide bonds. The van der Waals surface area contributed by atoms with E-state index >= 15 is 0 Å². The van der Waals surface area contributed by atoms with Crippen molar-refractivity contribution in [2.75, 3.05) is 0 Å². The highest BCUT2D eigenvalue weighted by molar-refractivity contribution is 5.74. The molecule has 2 rings (SSSR count). The number of rotatable bonds is 3. The van der Waals surface area contributed by atoms with E-state index in [9.17, 15) is 9.90 Å². The first-order chi connectivity index (χ1) is 7.70. The molecule has 1 fully saturated rings. The second kappa shape index (κ2) is 4.66. The maximum Gasteiger partial charge on any atom is 0.337 e. The van der Waals surface area contributed by atoms with Gasteiger partial charge in [0.25, 0.3) is 0 Å². The summed E-state index contributed by atoms with van der Waals surface area (Å²) in [6.45, 7) is 0. The number of hydrogen-bond acceptors (Lipinski definition) is 2. The SMILES string of the molecule is O=C(O)[C@H](O)c1ccccc1C1CCCC1. The summed E-state index contributed by atoms with van der Waals surface area (Å²) in [5, 5.41) is 18.5. The van der Waals surface area contributed by atoms with Crippen LogP contribution in [0.1, 0.15) is 48.8 Å². The number of benzene rings is 1. The molecule has 0 spiro atoms. The van der Waals surface area contributed by atoms with Crippen LogP contribution < -0.4 is 0 Å². The van der Waals surface area contributed by atoms with Gasteiger partial charge >= 0.3 is 5.97 Å². The summed E-state index contributed by atoms with van der Waals surface area (Å²) in [6, 6.07) is 7.34. The topological polar surface area (TPSA) is 57.5 Å². The molecule has 0 aliphatic heterocycles. The second-order valence-corrected chi connectivity index (χ2v) is 4.35. The summed E-state index contributed by atoms with van der Waals surface area (Å²) in [6.07, 6.45) is 3.20. The van der Waals surface area contributed by atoms with Crippen molar-refractivity contribution >= 4 is 5.97 Å². The van der Waals surface area contributed by atoms with E-state index in [1.54, 1.807) is 12.1 Å². The zero-order chi connectivity index (χ0) is 11.5. The maximum atomic E-state index is 10.8. The molecule has 1 aromatic carbocycles. The van der Waals surface area contributed by atoms with Crippen molar-refractivity contribution in [1.29, 1.82) is 0 Å². The quantitative estimate of drug-likeness (QED) is 0.822. The van der Waals surface area contributed by atoms with Crippen molar-refractivity contribution in [3.8, 4) is 0 Å². The van der Waals surface area contributed by atoms with Crippen LogP contribution in [-0.2, 0) is 4.79 Å². The Bertz CT molecular complexity index is 381. The minimum absolute atomic E-state index is 0.421. The van der Waals surface area contributed by atoms with Gasteiger partial charge in [0.05, 0.1) is 0 Å². The summed E-state index contributed by atoms with van der Waals surface area (Å²) in [5.74, 6) is -0.754. The van der Waals surface area contributed by atoms with Gasteiger partial charge in [-0.15, -0.1) is 0 Å². The Labute approximate surface area is 94.7 Å². The van der Waals surface area contributed by atoms with Gasteiger partial charge in [-0.25, -0.2) is 4.79 Å². The van der Waals surface area contributed by atoms with E-state index in [1.807, 2.05) is 12.1 Å². The predicted molar refractivity (Wildman–Crippen MR) is 60.2 cm³/mol. The monoisotopic (exact) mass is 220 g/mol. The van der Waals surface area contributed by atoms with Crippen LogP contribution in [0.5, 0.6) is 0 Å². The Morgan fingerprint density at radius 3 is 2.50 bits per heavy atom. The summed E-state index contributed by atoms with van der Waals surface area (Å²) < 4.78 is 0. The minimum atomic E-state index is -1.39. The highest BCUT2D eigenvalue weighted by Crippen LogP contribution is 2.37. The molecule has 2 N–H and O–H groups in total. The molecule has 3 nitrogen and oxygen atoms in total. The van der Waals surface area contributed by atoms with Gasteiger partial charge in [0.15, 0.2) is 6.10 Å². The van der Waals surface area contributed by atoms with Gasteiger partial charge in [0.2, 0.25) is 0 Å². The molecule has 0 aromatic heterocycles. The lowest BCUT2D eigenvalue weighted by atomic mass is 9.90. The van der Waals surface area contributed by atoms with E-state index in [0.29, 0.717) is 11.5 Å². The van der Waals surface area contributed by atoms with Crippen LogP contribution >= 0.6 is 0 Å². The van der Waals surface area contributed by atoms with Crippen LogP contribution in [0, 0.1) is 0 Å². The van der Waals surface area contributed by atoms with Crippen LogP contribution in [0.2, 0.25) is 0 Å². The molecule has 0 bridgehead atoms. The van der Waals surface area contributed by atoms with Crippen LogP contribution in [0.3, 0.4) is 0 Å². The lowest BCUT2D eigenvalue weighted by molar-refractivity contribution is -0.147. The fourth-order valence-corrected chi connectivity index (χ4v) is 2.50. The first-order valence-corrected chi connectivity index (χ1v) is 5.70. The molecule has 0 heterocycles. The summed E-state index contributed by atoms with van der Waals surface area (Å²) >= 11 is 0. The average molecular weight is 220 g/mol. The van der Waals surface area contributed by atoms with Crippen molar-refractivity contribution in [3.63, 3.8) is 0 Å². The number of carbonyl (C=O) groups is 1. The first-order valence-electron chi connectivity index (χ1n) is 5.70. The van der Waals surface area contributed by atoms with Gasteiger partial charge in [-0.3, -0.25) is 0 Å². The molecule has 1 aliphatic carbocycles. The van der Waals surface area contributed by atoms with Crippen molar-refractivity contribution < 1.29 is 15.0 Å². The van der Waals surface area contributed by atoms with Gasteiger partial charge in [-0.1, -0.05) is 37.1 Å². The van der Waals surface area contributed by atoms with E-state index in [2.05, 4.69) is 0 Å². The third kappa shape index (κ3) is 2.09. The smallest absolute Gasteiger partial charge is 0.337 e. The molecule has 0 radical (unpaired) electrons. The number of aliphatic hydroxyl groups excluding tert-OH is 1. The molecule has 86 valence electrons. The Hall–Kier alpha value is -1.35. The molecule has 16 heavy (non-hydrogen) atoms. The third-order valence-corrected chi connectivity index (χ3v) is 3.32. The molecule has 1 aromatic rings. The number of carboxylic acid groups (broad SMARTS) is 1. The van der Waals surface area contributed by atoms with E-state index in [1.165, 1.54) is 12.8 Å². The van der Waals surface area contributed by atoms with E-state index in [-0.39, 0.29) is 0 Å². The number of aliphatic carboxylic acids is 1. The lowest BCUT2D eigenvalue weighted by Gasteiger charge is -2.16. The van der Waals surface area contributed by atoms with Crippen LogP contribution in [0.4, 0.5) is 0 Å². The largest absolute Gasteiger partial charge is 0.479 e. The molecule has 0 unspecified atom stereocenters. The highest BCUT2D eigenvalue weighted by Gasteiger charge is 2.25. The molecular weight excluding hydrogens is 204 g/mol. The normalized spacial score (nSPS) is 18.6. The number of hydrogen-bond donors (Lipinski definition) is 2. The summed E-state index contributed by atoms with van der Waals surface area (Å²) in [7, 11) is 0. The zero-order valence-electron chi connectivity index (χ0n) is 9.10. The van der Waals surface area contributed by atoms with E-state index in [0.717, 1.165) is 18.4 Å². The summed E-state index contributed by atoms with van der Waals surface area (Å²) in [4.78, 5) is 10.8. The maximum absolute atomic E-state index is 10.8. The molecule has 1 atom stereocenters. The van der Waals surface area contributed by atoms with Gasteiger partial charge in [-0.05, 0) is 29.9 Å². The van der Waals surface area contributed by atoms with Gasteiger partial charge in [0.1, 0.15) is 0 Å². The van der Waals surface area contributed by atoms with Crippen molar-refractivity contribution in [2.45, 2.75) is 37.7 Å². The Morgan fingerprint density at radius 2 is 1.88 bits per heavy atom. The van der Waals surface area contributed by atoms with Gasteiger partial charge in [-0.2, -0.15) is 0 Å². The minimum Gasteiger partial charge on any atom is -0.479 e. The molecule has 3 heteroatoms. The molecule has 0 saturated heterocycles. The van der Waals surface area contributed by atoms with Crippen molar-refractivity contribution in [1.82, 2.24) is 0 Å². The highest BCUT2D eigenvalue weighted by atomic mass is 16.4. The van der Waals surface area contributed by atoms with E-state index < -0.39 is 12.1 Å². The standard InChI is InChI=1S/C13H16O3/c14-12(13(15)16)11-8-4-3-7-10(11)9-5-1-2-6-9/h3-4,7-9,12,14H,1-2,5-6H2,(H,15,16)/t12-/m1/s1. The van der Waals surface area contributed by atoms with Gasteiger partial charge < -0.3 is 10.2 Å². The average Bonchev–Trinajstić information content (AvgIpc) is 2.81. The Kier molecular flexibility index (Phi) is 3.25. The zero-order valence-corrected chi connectivity index (χ0v) is 9.10. The summed E-state index contributed by atoms with van der Waals surface area (Å²) in [5.41, 5.74) is 1.57. The van der Waals surface area contributed by atoms with Crippen molar-refractivity contribution in [3.05, 3.63) is 35.4 Å². The number of aliphatic hydroxyl groups is 1. The molecule has 1 saturated carbocycles. The van der Waals surface area contributed by atoms with Gasteiger partial charge in [0, 0.05) is 0 Å². The van der Waals surface area contributed by atoms with Crippen LogP contribution in [0.25, 0.3) is 0 Å². The van der Waals surface area contributed by atoms with E-state index in [4.69, 9.17) is 5.11 Å². The van der Waals surface area contributed by atoms with Crippen LogP contribution in [-0.4, -0.2) is 16.2 Å². The molecule has 1 aliphatic rings. The number of carboxylic acids is 1. The third-order valence-electron chi connectivity index (χ3n) is 3.32. The lowest BCUT2D eigenvalue weighted by Crippen LogP contribution is -2.13. The fraction of sp³-hybridized carbons (Fsp3) is 0.462. The predicted octanol–water partition coefficient (Wildman–Crippen LogP) is 2.46. The second-order valence-electron chi connectivity index (χ2n) is 4.35. The first kappa shape index (κ1) is 11.1. The molecular formula is C13H16O3.